The van der Waals surface area contributed by atoms with Gasteiger partial charge in [0.1, 0.15) is 13.2 Å². The van der Waals surface area contributed by atoms with Crippen molar-refractivity contribution in [3.05, 3.63) is 36.5 Å². The zero-order valence-corrected chi connectivity index (χ0v) is 44.9. The number of ether oxygens (including phenoxy) is 3. The molecule has 0 N–H and O–H groups in total. The van der Waals surface area contributed by atoms with E-state index in [0.717, 1.165) is 77.0 Å². The Morgan fingerprint density at radius 3 is 0.881 bits per heavy atom. The number of hydrogen-bond acceptors (Lipinski definition) is 6. The Hall–Kier alpha value is -2.37. The first-order chi connectivity index (χ1) is 33.0. The van der Waals surface area contributed by atoms with Gasteiger partial charge in [-0.15, -0.1) is 0 Å². The summed E-state index contributed by atoms with van der Waals surface area (Å²) < 4.78 is 16.9. The van der Waals surface area contributed by atoms with E-state index in [9.17, 15) is 14.4 Å². The monoisotopic (exact) mass is 941 g/mol. The number of allylic oxidation sites excluding steroid dienone is 6. The Balaban J connectivity index is 4.31. The zero-order chi connectivity index (χ0) is 48.6. The molecule has 67 heavy (non-hydrogen) atoms. The maximum absolute atomic E-state index is 12.8. The van der Waals surface area contributed by atoms with Crippen LogP contribution in [0, 0.1) is 0 Å². The Morgan fingerprint density at radius 2 is 0.537 bits per heavy atom. The summed E-state index contributed by atoms with van der Waals surface area (Å²) in [5, 5.41) is 0. The lowest BCUT2D eigenvalue weighted by Gasteiger charge is -2.18. The molecule has 0 unspecified atom stereocenters. The predicted octanol–water partition coefficient (Wildman–Crippen LogP) is 19.7. The van der Waals surface area contributed by atoms with Crippen LogP contribution in [0.3, 0.4) is 0 Å². The Morgan fingerprint density at radius 1 is 0.299 bits per heavy atom. The van der Waals surface area contributed by atoms with Gasteiger partial charge in [-0.05, 0) is 77.0 Å². The van der Waals surface area contributed by atoms with Crippen LogP contribution in [-0.4, -0.2) is 37.2 Å². The molecule has 0 aliphatic carbocycles. The van der Waals surface area contributed by atoms with E-state index in [1.54, 1.807) is 0 Å². The van der Waals surface area contributed by atoms with Crippen LogP contribution < -0.4 is 0 Å². The highest BCUT2D eigenvalue weighted by Gasteiger charge is 2.19. The molecule has 1 atom stereocenters. The molecule has 0 aliphatic heterocycles. The van der Waals surface area contributed by atoms with Crippen molar-refractivity contribution in [2.24, 2.45) is 0 Å². The summed E-state index contributed by atoms with van der Waals surface area (Å²) in [6.07, 6.45) is 67.0. The van der Waals surface area contributed by atoms with E-state index in [1.165, 1.54) is 199 Å². The summed E-state index contributed by atoms with van der Waals surface area (Å²) in [6, 6.07) is 0. The minimum atomic E-state index is -0.777. The Kier molecular flexibility index (Phi) is 54.2. The van der Waals surface area contributed by atoms with Gasteiger partial charge in [-0.25, -0.2) is 0 Å². The van der Waals surface area contributed by atoms with Crippen LogP contribution in [-0.2, 0) is 28.6 Å². The highest BCUT2D eigenvalue weighted by Crippen LogP contribution is 2.17. The lowest BCUT2D eigenvalue weighted by molar-refractivity contribution is -0.167. The second-order valence-corrected chi connectivity index (χ2v) is 19.9. The smallest absolute Gasteiger partial charge is 0.306 e. The van der Waals surface area contributed by atoms with Gasteiger partial charge in [0, 0.05) is 19.3 Å². The van der Waals surface area contributed by atoms with Crippen LogP contribution >= 0.6 is 0 Å². The molecule has 6 heteroatoms. The molecule has 0 aromatic rings. The first kappa shape index (κ1) is 64.6. The standard InChI is InChI=1S/C61H112O6/c1-4-7-10-13-16-19-22-25-27-29-30-32-34-37-39-42-45-48-51-54-60(63)66-57-58(67-61(64)55-52-49-46-43-40-35-24-21-18-15-12-9-6-3)56-65-59(62)53-50-47-44-41-38-36-33-31-28-26-23-20-17-14-11-8-5-2/h17,20-21,24,26,28,58H,4-16,18-19,22-23,25,27,29-57H2,1-3H3/b20-17-,24-21-,28-26-/t58-/m1/s1. The fourth-order valence-electron chi connectivity index (χ4n) is 8.65. The lowest BCUT2D eigenvalue weighted by atomic mass is 10.0. The van der Waals surface area contributed by atoms with Crippen molar-refractivity contribution in [2.45, 2.75) is 322 Å². The summed E-state index contributed by atoms with van der Waals surface area (Å²) in [5.41, 5.74) is 0. The van der Waals surface area contributed by atoms with Gasteiger partial charge in [-0.2, -0.15) is 0 Å². The van der Waals surface area contributed by atoms with Gasteiger partial charge < -0.3 is 14.2 Å². The summed E-state index contributed by atoms with van der Waals surface area (Å²) >= 11 is 0. The summed E-state index contributed by atoms with van der Waals surface area (Å²) in [4.78, 5) is 38.2. The minimum absolute atomic E-state index is 0.0743. The molecule has 6 nitrogen and oxygen atoms in total. The number of carbonyl (C=O) groups is 3. The molecule has 0 saturated carbocycles. The number of unbranched alkanes of at least 4 members (excludes halogenated alkanes) is 37. The molecule has 0 aromatic carbocycles. The number of carbonyl (C=O) groups excluding carboxylic acids is 3. The van der Waals surface area contributed by atoms with E-state index in [4.69, 9.17) is 14.2 Å². The van der Waals surface area contributed by atoms with E-state index in [-0.39, 0.29) is 31.1 Å². The van der Waals surface area contributed by atoms with Crippen LogP contribution in [0.5, 0.6) is 0 Å². The van der Waals surface area contributed by atoms with E-state index in [2.05, 4.69) is 57.2 Å². The van der Waals surface area contributed by atoms with Crippen molar-refractivity contribution < 1.29 is 28.6 Å². The lowest BCUT2D eigenvalue weighted by Crippen LogP contribution is -2.30. The number of rotatable bonds is 54. The van der Waals surface area contributed by atoms with E-state index in [1.807, 2.05) is 0 Å². The average Bonchev–Trinajstić information content (AvgIpc) is 3.33. The van der Waals surface area contributed by atoms with Crippen molar-refractivity contribution in [1.29, 1.82) is 0 Å². The molecule has 0 rings (SSSR count). The summed E-state index contributed by atoms with van der Waals surface area (Å²) in [7, 11) is 0. The molecular formula is C61H112O6. The van der Waals surface area contributed by atoms with Crippen molar-refractivity contribution in [3.8, 4) is 0 Å². The Bertz CT molecular complexity index is 1130. The van der Waals surface area contributed by atoms with Gasteiger partial charge in [0.25, 0.3) is 0 Å². The molecule has 0 fully saturated rings. The molecule has 0 aliphatic rings. The van der Waals surface area contributed by atoms with Gasteiger partial charge in [0.2, 0.25) is 0 Å². The van der Waals surface area contributed by atoms with Gasteiger partial charge in [-0.1, -0.05) is 256 Å². The van der Waals surface area contributed by atoms with Crippen molar-refractivity contribution in [1.82, 2.24) is 0 Å². The molecular weight excluding hydrogens is 829 g/mol. The minimum Gasteiger partial charge on any atom is -0.462 e. The molecule has 0 spiro atoms. The largest absolute Gasteiger partial charge is 0.462 e. The molecule has 0 saturated heterocycles. The highest BCUT2D eigenvalue weighted by molar-refractivity contribution is 5.71. The molecule has 0 amide bonds. The number of esters is 3. The summed E-state index contributed by atoms with van der Waals surface area (Å²) in [6.45, 7) is 6.63. The zero-order valence-electron chi connectivity index (χ0n) is 44.9. The van der Waals surface area contributed by atoms with Crippen molar-refractivity contribution in [2.75, 3.05) is 13.2 Å². The molecule has 0 aromatic heterocycles. The van der Waals surface area contributed by atoms with Gasteiger partial charge >= 0.3 is 17.9 Å². The maximum Gasteiger partial charge on any atom is 0.306 e. The van der Waals surface area contributed by atoms with Gasteiger partial charge in [-0.3, -0.25) is 14.4 Å². The third-order valence-electron chi connectivity index (χ3n) is 13.1. The van der Waals surface area contributed by atoms with Gasteiger partial charge in [0.15, 0.2) is 6.10 Å². The topological polar surface area (TPSA) is 78.9 Å². The van der Waals surface area contributed by atoms with Crippen LogP contribution in [0.1, 0.15) is 316 Å². The van der Waals surface area contributed by atoms with Gasteiger partial charge in [0.05, 0.1) is 0 Å². The third kappa shape index (κ3) is 54.4. The quantitative estimate of drug-likeness (QED) is 0.0262. The van der Waals surface area contributed by atoms with Crippen LogP contribution in [0.2, 0.25) is 0 Å². The summed E-state index contributed by atoms with van der Waals surface area (Å²) in [5.74, 6) is -0.873. The van der Waals surface area contributed by atoms with Crippen molar-refractivity contribution in [3.63, 3.8) is 0 Å². The van der Waals surface area contributed by atoms with Crippen molar-refractivity contribution >= 4 is 17.9 Å². The average molecular weight is 942 g/mol. The fourth-order valence-corrected chi connectivity index (χ4v) is 8.65. The molecule has 0 bridgehead atoms. The molecule has 0 radical (unpaired) electrons. The first-order valence-corrected chi connectivity index (χ1v) is 29.5. The number of hydrogen-bond donors (Lipinski definition) is 0. The maximum atomic E-state index is 12.8. The third-order valence-corrected chi connectivity index (χ3v) is 13.1. The van der Waals surface area contributed by atoms with E-state index >= 15 is 0 Å². The van der Waals surface area contributed by atoms with E-state index < -0.39 is 6.10 Å². The Labute approximate surface area is 416 Å². The predicted molar refractivity (Wildman–Crippen MR) is 289 cm³/mol. The molecule has 392 valence electrons. The SMILES string of the molecule is CCCCC/C=C\C/C=C\CCCCCCCCCC(=O)OC[C@H](COC(=O)CCCCCCCCCCCCCCCCCCCCC)OC(=O)CCCCCCC/C=C\CCCCCC. The second-order valence-electron chi connectivity index (χ2n) is 19.9. The fraction of sp³-hybridized carbons (Fsp3) is 0.852. The first-order valence-electron chi connectivity index (χ1n) is 29.5. The molecule has 0 heterocycles. The normalized spacial score (nSPS) is 12.2. The van der Waals surface area contributed by atoms with Crippen LogP contribution in [0.25, 0.3) is 0 Å². The second kappa shape index (κ2) is 56.2. The van der Waals surface area contributed by atoms with Crippen LogP contribution in [0.15, 0.2) is 36.5 Å². The van der Waals surface area contributed by atoms with Crippen LogP contribution in [0.4, 0.5) is 0 Å². The highest BCUT2D eigenvalue weighted by atomic mass is 16.6. The van der Waals surface area contributed by atoms with E-state index in [0.29, 0.717) is 19.3 Å².